The van der Waals surface area contributed by atoms with Gasteiger partial charge in [0.1, 0.15) is 5.69 Å². The summed E-state index contributed by atoms with van der Waals surface area (Å²) in [5.41, 5.74) is 0.844. The Hall–Kier alpha value is -2.76. The summed E-state index contributed by atoms with van der Waals surface area (Å²) in [4.78, 5) is 19.6. The second-order valence-corrected chi connectivity index (χ2v) is 3.57. The molecule has 1 N–H and O–H groups in total. The van der Waals surface area contributed by atoms with E-state index in [1.165, 1.54) is 18.6 Å². The van der Waals surface area contributed by atoms with Crippen molar-refractivity contribution in [3.63, 3.8) is 0 Å². The van der Waals surface area contributed by atoms with Crippen molar-refractivity contribution < 1.29 is 9.32 Å². The number of carbonyl (C=O) groups excluding carboxylic acids is 1. The minimum Gasteiger partial charge on any atom is -0.354 e. The maximum Gasteiger partial charge on any atom is 0.277 e. The van der Waals surface area contributed by atoms with Gasteiger partial charge in [0.2, 0.25) is 0 Å². The highest BCUT2D eigenvalue weighted by molar-refractivity contribution is 6.06. The van der Waals surface area contributed by atoms with Crippen molar-refractivity contribution in [3.05, 3.63) is 48.5 Å². The zero-order valence-corrected chi connectivity index (χ0v) is 9.20. The molecule has 1 amide bonds. The first-order valence-electron chi connectivity index (χ1n) is 5.26. The third kappa shape index (κ3) is 1.80. The van der Waals surface area contributed by atoms with Crippen LogP contribution in [-0.4, -0.2) is 21.0 Å². The molecule has 2 aromatic heterocycles. The predicted molar refractivity (Wildman–Crippen MR) is 64.0 cm³/mol. The number of nitrogens with one attached hydrogen (secondary N) is 1. The molecule has 0 radical (unpaired) electrons. The van der Waals surface area contributed by atoms with Crippen LogP contribution in [-0.2, 0) is 0 Å². The van der Waals surface area contributed by atoms with Crippen LogP contribution < -0.4 is 5.32 Å². The van der Waals surface area contributed by atoms with Gasteiger partial charge in [-0.25, -0.2) is 4.98 Å². The normalized spacial score (nSPS) is 10.4. The molecule has 3 aromatic rings. The summed E-state index contributed by atoms with van der Waals surface area (Å²) in [6.07, 6.45) is 4.34. The predicted octanol–water partition coefficient (Wildman–Crippen LogP) is 1.87. The molecule has 3 rings (SSSR count). The van der Waals surface area contributed by atoms with Crippen LogP contribution in [0.5, 0.6) is 0 Å². The molecule has 0 unspecified atom stereocenters. The fourth-order valence-corrected chi connectivity index (χ4v) is 1.56. The van der Waals surface area contributed by atoms with Gasteiger partial charge in [-0.05, 0) is 12.1 Å². The standard InChI is InChI=1S/C12H8N4O2/c17-12(9-7-13-5-6-14-9)15-11-8-3-1-2-4-10(8)18-16-11/h1-7H,(H,15,16,17). The Kier molecular flexibility index (Phi) is 2.45. The first-order valence-corrected chi connectivity index (χ1v) is 5.26. The van der Waals surface area contributed by atoms with E-state index in [-0.39, 0.29) is 11.6 Å². The fourth-order valence-electron chi connectivity index (χ4n) is 1.56. The quantitative estimate of drug-likeness (QED) is 0.739. The highest BCUT2D eigenvalue weighted by Gasteiger charge is 2.12. The van der Waals surface area contributed by atoms with Gasteiger partial charge in [0.05, 0.1) is 11.6 Å². The van der Waals surface area contributed by atoms with E-state index in [0.29, 0.717) is 11.4 Å². The largest absolute Gasteiger partial charge is 0.354 e. The molecule has 0 saturated carbocycles. The number of benzene rings is 1. The molecule has 0 spiro atoms. The zero-order valence-electron chi connectivity index (χ0n) is 9.20. The maximum atomic E-state index is 11.9. The molecule has 0 fully saturated rings. The van der Waals surface area contributed by atoms with Crippen LogP contribution in [0.25, 0.3) is 11.0 Å². The maximum absolute atomic E-state index is 11.9. The van der Waals surface area contributed by atoms with Crippen molar-refractivity contribution in [3.8, 4) is 0 Å². The lowest BCUT2D eigenvalue weighted by Gasteiger charge is -1.99. The molecule has 0 aliphatic heterocycles. The van der Waals surface area contributed by atoms with Gasteiger partial charge in [0.15, 0.2) is 11.4 Å². The Morgan fingerprint density at radius 3 is 2.94 bits per heavy atom. The Balaban J connectivity index is 1.91. The number of para-hydroxylation sites is 1. The smallest absolute Gasteiger partial charge is 0.277 e. The van der Waals surface area contributed by atoms with Gasteiger partial charge in [0, 0.05) is 12.4 Å². The average Bonchev–Trinajstić information content (AvgIpc) is 2.83. The summed E-state index contributed by atoms with van der Waals surface area (Å²) in [6, 6.07) is 7.28. The van der Waals surface area contributed by atoms with Gasteiger partial charge < -0.3 is 9.84 Å². The van der Waals surface area contributed by atoms with Crippen LogP contribution >= 0.6 is 0 Å². The van der Waals surface area contributed by atoms with Gasteiger partial charge in [-0.1, -0.05) is 17.3 Å². The van der Waals surface area contributed by atoms with Gasteiger partial charge >= 0.3 is 0 Å². The van der Waals surface area contributed by atoms with Crippen LogP contribution in [0.1, 0.15) is 10.5 Å². The molecule has 6 heteroatoms. The topological polar surface area (TPSA) is 80.9 Å². The average molecular weight is 240 g/mol. The Morgan fingerprint density at radius 2 is 2.11 bits per heavy atom. The van der Waals surface area contributed by atoms with E-state index in [9.17, 15) is 4.79 Å². The van der Waals surface area contributed by atoms with Crippen LogP contribution in [0, 0.1) is 0 Å². The molecule has 2 heterocycles. The second-order valence-electron chi connectivity index (χ2n) is 3.57. The van der Waals surface area contributed by atoms with Gasteiger partial charge in [0.25, 0.3) is 5.91 Å². The third-order valence-corrected chi connectivity index (χ3v) is 2.41. The summed E-state index contributed by atoms with van der Waals surface area (Å²) in [5, 5.41) is 7.19. The van der Waals surface area contributed by atoms with Crippen molar-refractivity contribution in [2.75, 3.05) is 5.32 Å². The van der Waals surface area contributed by atoms with Crippen molar-refractivity contribution in [2.24, 2.45) is 0 Å². The number of hydrogen-bond acceptors (Lipinski definition) is 5. The number of fused-ring (bicyclic) bond motifs is 1. The van der Waals surface area contributed by atoms with E-state index in [2.05, 4.69) is 20.4 Å². The van der Waals surface area contributed by atoms with E-state index in [1.807, 2.05) is 18.2 Å². The minimum atomic E-state index is -0.373. The van der Waals surface area contributed by atoms with E-state index in [1.54, 1.807) is 6.07 Å². The third-order valence-electron chi connectivity index (χ3n) is 2.41. The number of hydrogen-bond donors (Lipinski definition) is 1. The number of nitrogens with zero attached hydrogens (tertiary/aromatic N) is 3. The van der Waals surface area contributed by atoms with Crippen molar-refractivity contribution >= 4 is 22.7 Å². The number of aromatic nitrogens is 3. The van der Waals surface area contributed by atoms with Crippen molar-refractivity contribution in [1.82, 2.24) is 15.1 Å². The highest BCUT2D eigenvalue weighted by Crippen LogP contribution is 2.22. The molecule has 0 atom stereocenters. The summed E-state index contributed by atoms with van der Waals surface area (Å²) in [7, 11) is 0. The summed E-state index contributed by atoms with van der Waals surface area (Å²) < 4.78 is 5.09. The zero-order chi connectivity index (χ0) is 12.4. The minimum absolute atomic E-state index is 0.226. The number of rotatable bonds is 2. The highest BCUT2D eigenvalue weighted by atomic mass is 16.5. The first-order chi connectivity index (χ1) is 8.84. The van der Waals surface area contributed by atoms with Crippen LogP contribution in [0.4, 0.5) is 5.82 Å². The summed E-state index contributed by atoms with van der Waals surface area (Å²) in [6.45, 7) is 0. The summed E-state index contributed by atoms with van der Waals surface area (Å²) in [5.74, 6) is 0.00315. The van der Waals surface area contributed by atoms with Crippen LogP contribution in [0.2, 0.25) is 0 Å². The molecule has 0 aliphatic carbocycles. The van der Waals surface area contributed by atoms with E-state index >= 15 is 0 Å². The van der Waals surface area contributed by atoms with E-state index in [4.69, 9.17) is 4.52 Å². The molecule has 0 aliphatic rings. The molecule has 88 valence electrons. The molecule has 0 saturated heterocycles. The molecule has 6 nitrogen and oxygen atoms in total. The molecule has 0 bridgehead atoms. The molecule has 18 heavy (non-hydrogen) atoms. The monoisotopic (exact) mass is 240 g/mol. The lowest BCUT2D eigenvalue weighted by Crippen LogP contribution is -2.14. The van der Waals surface area contributed by atoms with Crippen molar-refractivity contribution in [1.29, 1.82) is 0 Å². The van der Waals surface area contributed by atoms with Crippen LogP contribution in [0.3, 0.4) is 0 Å². The molecule has 1 aromatic carbocycles. The van der Waals surface area contributed by atoms with Crippen molar-refractivity contribution in [2.45, 2.75) is 0 Å². The van der Waals surface area contributed by atoms with E-state index in [0.717, 1.165) is 5.39 Å². The lowest BCUT2D eigenvalue weighted by molar-refractivity contribution is 0.102. The van der Waals surface area contributed by atoms with Gasteiger partial charge in [-0.2, -0.15) is 0 Å². The molecular formula is C12H8N4O2. The Labute approximate surface area is 102 Å². The Morgan fingerprint density at radius 1 is 1.22 bits per heavy atom. The summed E-state index contributed by atoms with van der Waals surface area (Å²) >= 11 is 0. The second kappa shape index (κ2) is 4.25. The Bertz CT molecular complexity index is 693. The van der Waals surface area contributed by atoms with Crippen LogP contribution in [0.15, 0.2) is 47.4 Å². The number of carbonyl (C=O) groups is 1. The lowest BCUT2D eigenvalue weighted by atomic mass is 10.2. The van der Waals surface area contributed by atoms with Gasteiger partial charge in [-0.3, -0.25) is 9.78 Å². The van der Waals surface area contributed by atoms with E-state index < -0.39 is 0 Å². The number of amides is 1. The fraction of sp³-hybridized carbons (Fsp3) is 0. The van der Waals surface area contributed by atoms with Gasteiger partial charge in [-0.15, -0.1) is 0 Å². The molecular weight excluding hydrogens is 232 g/mol. The SMILES string of the molecule is O=C(Nc1noc2ccccc12)c1cnccn1. The first kappa shape index (κ1) is 10.4. The number of anilines is 1.